The number of nitrogens with one attached hydrogen (secondary N) is 1. The van der Waals surface area contributed by atoms with Crippen LogP contribution in [-0.2, 0) is 15.8 Å². The third kappa shape index (κ3) is 2.98. The minimum atomic E-state index is -4.49. The second-order valence-electron chi connectivity index (χ2n) is 5.25. The minimum Gasteiger partial charge on any atom is -0.369 e. The Hall–Kier alpha value is -2.43. The van der Waals surface area contributed by atoms with Gasteiger partial charge in [0.1, 0.15) is 0 Å². The van der Waals surface area contributed by atoms with Gasteiger partial charge in [-0.3, -0.25) is 14.3 Å². The van der Waals surface area contributed by atoms with Gasteiger partial charge in [-0.1, -0.05) is 5.11 Å². The lowest BCUT2D eigenvalue weighted by atomic mass is 10.1. The van der Waals surface area contributed by atoms with Crippen molar-refractivity contribution in [2.45, 2.75) is 31.0 Å². The maximum Gasteiger partial charge on any atom is 0.354 e. The van der Waals surface area contributed by atoms with E-state index in [1.54, 1.807) is 0 Å². The Bertz CT molecular complexity index is 927. The van der Waals surface area contributed by atoms with E-state index < -0.39 is 31.1 Å². The number of hydrogen-bond acceptors (Lipinski definition) is 7. The number of imidazole rings is 1. The second kappa shape index (κ2) is 5.89. The average Bonchev–Trinajstić information content (AvgIpc) is 3.05. The van der Waals surface area contributed by atoms with E-state index >= 15 is 0 Å². The van der Waals surface area contributed by atoms with E-state index in [0.29, 0.717) is 0 Å². The lowest BCUT2D eigenvalue weighted by Gasteiger charge is -2.16. The number of azide groups is 1. The largest absolute Gasteiger partial charge is 0.369 e. The van der Waals surface area contributed by atoms with Gasteiger partial charge in [-0.05, 0) is 12.0 Å². The first-order chi connectivity index (χ1) is 11.3. The molecule has 3 atom stereocenters. The number of H-pyrrole nitrogens is 1. The summed E-state index contributed by atoms with van der Waals surface area (Å²) in [5.74, 6) is -1.45. The van der Waals surface area contributed by atoms with Gasteiger partial charge in [-0.2, -0.15) is 4.98 Å². The van der Waals surface area contributed by atoms with Crippen LogP contribution in [0.4, 0.5) is 5.95 Å². The van der Waals surface area contributed by atoms with Gasteiger partial charge in [0.2, 0.25) is 5.95 Å². The van der Waals surface area contributed by atoms with Crippen LogP contribution in [0.15, 0.2) is 16.2 Å². The summed E-state index contributed by atoms with van der Waals surface area (Å²) in [4.78, 5) is 43.2. The summed E-state index contributed by atoms with van der Waals surface area (Å²) in [6, 6.07) is -0.774. The van der Waals surface area contributed by atoms with Gasteiger partial charge >= 0.3 is 7.60 Å². The average molecular weight is 356 g/mol. The molecule has 2 aromatic rings. The number of nitrogen functional groups attached to an aromatic ring is 1. The van der Waals surface area contributed by atoms with E-state index in [4.69, 9.17) is 16.0 Å². The smallest absolute Gasteiger partial charge is 0.354 e. The Morgan fingerprint density at radius 3 is 3.04 bits per heavy atom. The molecule has 1 aliphatic heterocycles. The quantitative estimate of drug-likeness (QED) is 0.246. The molecule has 1 fully saturated rings. The van der Waals surface area contributed by atoms with E-state index in [-0.39, 0.29) is 30.1 Å². The Kier molecular flexibility index (Phi) is 4.03. The molecule has 2 aromatic heterocycles. The molecule has 0 aliphatic carbocycles. The van der Waals surface area contributed by atoms with Crippen LogP contribution in [0.1, 0.15) is 6.42 Å². The Morgan fingerprint density at radius 2 is 2.38 bits per heavy atom. The molecule has 13 nitrogen and oxygen atoms in total. The zero-order chi connectivity index (χ0) is 17.5. The van der Waals surface area contributed by atoms with Gasteiger partial charge in [-0.15, -0.1) is 0 Å². The van der Waals surface area contributed by atoms with E-state index in [0.717, 1.165) is 0 Å². The number of anilines is 1. The van der Waals surface area contributed by atoms with E-state index in [1.165, 1.54) is 10.9 Å². The number of nitrogens with zero attached hydrogens (tertiary/aromatic N) is 6. The van der Waals surface area contributed by atoms with E-state index in [1.807, 2.05) is 0 Å². The standard InChI is InChI=1S/C10H13N8O5P/c11-10-14-8-7(9(19)15-10)13-3-18(8)2-5-4(16-17-12)1-6(23-5)24(20,21)22/h3-6H,1-2H2,(H2,20,21,22)(H3,11,14,15,19). The number of rotatable bonds is 4. The molecular formula is C10H13N8O5P. The molecule has 3 heterocycles. The summed E-state index contributed by atoms with van der Waals surface area (Å²) in [5, 5.41) is 3.53. The molecule has 5 N–H and O–H groups in total. The van der Waals surface area contributed by atoms with Gasteiger partial charge in [0, 0.05) is 4.91 Å². The highest BCUT2D eigenvalue weighted by Crippen LogP contribution is 2.48. The minimum absolute atomic E-state index is 0.0343. The van der Waals surface area contributed by atoms with Crippen molar-refractivity contribution in [2.75, 3.05) is 5.73 Å². The maximum atomic E-state index is 11.7. The number of aromatic nitrogens is 4. The van der Waals surface area contributed by atoms with Crippen LogP contribution in [-0.4, -0.2) is 47.3 Å². The van der Waals surface area contributed by atoms with Crippen LogP contribution in [0.5, 0.6) is 0 Å². The fourth-order valence-electron chi connectivity index (χ4n) is 2.57. The molecule has 1 saturated heterocycles. The predicted molar refractivity (Wildman–Crippen MR) is 80.8 cm³/mol. The van der Waals surface area contributed by atoms with Crippen molar-refractivity contribution in [3.63, 3.8) is 0 Å². The molecule has 0 radical (unpaired) electrons. The molecule has 128 valence electrons. The van der Waals surface area contributed by atoms with Crippen molar-refractivity contribution in [1.82, 2.24) is 19.5 Å². The molecule has 14 heteroatoms. The summed E-state index contributed by atoms with van der Waals surface area (Å²) in [7, 11) is -4.49. The molecule has 0 amide bonds. The molecule has 0 bridgehead atoms. The summed E-state index contributed by atoms with van der Waals surface area (Å²) < 4.78 is 18.2. The number of aromatic amines is 1. The second-order valence-corrected chi connectivity index (χ2v) is 7.00. The molecule has 0 saturated carbocycles. The molecule has 3 rings (SSSR count). The first kappa shape index (κ1) is 16.4. The van der Waals surface area contributed by atoms with Crippen LogP contribution < -0.4 is 11.3 Å². The monoisotopic (exact) mass is 356 g/mol. The maximum absolute atomic E-state index is 11.7. The fourth-order valence-corrected chi connectivity index (χ4v) is 3.38. The summed E-state index contributed by atoms with van der Waals surface area (Å²) >= 11 is 0. The lowest BCUT2D eigenvalue weighted by Crippen LogP contribution is -2.25. The first-order valence-corrected chi connectivity index (χ1v) is 8.43. The Labute approximate surface area is 133 Å². The van der Waals surface area contributed by atoms with Crippen molar-refractivity contribution >= 4 is 24.7 Å². The zero-order valence-corrected chi connectivity index (χ0v) is 12.9. The van der Waals surface area contributed by atoms with Crippen molar-refractivity contribution in [1.29, 1.82) is 0 Å². The van der Waals surface area contributed by atoms with Gasteiger partial charge in [0.15, 0.2) is 17.0 Å². The number of fused-ring (bicyclic) bond motifs is 1. The van der Waals surface area contributed by atoms with Gasteiger partial charge in [-0.25, -0.2) is 4.98 Å². The SMILES string of the molecule is [N-]=[N+]=NC1CC(P(=O)(O)O)OC1Cn1cnc2c(=O)[nH]c(N)nc21. The van der Waals surface area contributed by atoms with Crippen molar-refractivity contribution in [3.05, 3.63) is 27.1 Å². The molecule has 0 aromatic carbocycles. The molecule has 3 unspecified atom stereocenters. The highest BCUT2D eigenvalue weighted by atomic mass is 31.2. The topological polar surface area (TPSA) is 205 Å². The van der Waals surface area contributed by atoms with Crippen molar-refractivity contribution in [2.24, 2.45) is 5.11 Å². The third-order valence-electron chi connectivity index (χ3n) is 3.65. The van der Waals surface area contributed by atoms with Crippen LogP contribution >= 0.6 is 7.60 Å². The Morgan fingerprint density at radius 1 is 1.62 bits per heavy atom. The van der Waals surface area contributed by atoms with Crippen LogP contribution in [0.3, 0.4) is 0 Å². The Balaban J connectivity index is 1.93. The lowest BCUT2D eigenvalue weighted by molar-refractivity contribution is 0.0576. The zero-order valence-electron chi connectivity index (χ0n) is 12.1. The van der Waals surface area contributed by atoms with Crippen LogP contribution in [0.25, 0.3) is 21.6 Å². The summed E-state index contributed by atoms with van der Waals surface area (Å²) in [6.45, 7) is 0.0343. The summed E-state index contributed by atoms with van der Waals surface area (Å²) in [6.07, 6.45) is 0.411. The highest BCUT2D eigenvalue weighted by Gasteiger charge is 2.43. The van der Waals surface area contributed by atoms with Crippen LogP contribution in [0.2, 0.25) is 0 Å². The van der Waals surface area contributed by atoms with Gasteiger partial charge < -0.3 is 24.8 Å². The highest BCUT2D eigenvalue weighted by molar-refractivity contribution is 7.52. The summed E-state index contributed by atoms with van der Waals surface area (Å²) in [5.41, 5.74) is 13.9. The predicted octanol–water partition coefficient (Wildman–Crippen LogP) is -0.327. The third-order valence-corrected chi connectivity index (χ3v) is 4.73. The molecule has 1 aliphatic rings. The number of ether oxygens (including phenoxy) is 1. The fraction of sp³-hybridized carbons (Fsp3) is 0.500. The van der Waals surface area contributed by atoms with E-state index in [9.17, 15) is 19.1 Å². The molecule has 0 spiro atoms. The van der Waals surface area contributed by atoms with E-state index in [2.05, 4.69) is 25.0 Å². The van der Waals surface area contributed by atoms with Gasteiger partial charge in [0.05, 0.1) is 25.0 Å². The van der Waals surface area contributed by atoms with Gasteiger partial charge in [0.25, 0.3) is 5.56 Å². The molecule has 24 heavy (non-hydrogen) atoms. The van der Waals surface area contributed by atoms with Crippen molar-refractivity contribution in [3.8, 4) is 0 Å². The van der Waals surface area contributed by atoms with Crippen LogP contribution in [0, 0.1) is 0 Å². The number of hydrogen-bond donors (Lipinski definition) is 4. The number of nitrogens with two attached hydrogens (primary N) is 1. The van der Waals surface area contributed by atoms with Crippen molar-refractivity contribution < 1.29 is 19.1 Å². The normalized spacial score (nSPS) is 24.2. The molecular weight excluding hydrogens is 343 g/mol. The first-order valence-electron chi connectivity index (χ1n) is 6.75.